The maximum atomic E-state index is 11.3. The van der Waals surface area contributed by atoms with Gasteiger partial charge in [-0.05, 0) is 44.2 Å². The van der Waals surface area contributed by atoms with Gasteiger partial charge in [0.25, 0.3) is 0 Å². The molecule has 0 spiro atoms. The second kappa shape index (κ2) is 6.17. The van der Waals surface area contributed by atoms with Crippen molar-refractivity contribution < 1.29 is 8.42 Å². The number of aromatic nitrogens is 5. The lowest BCUT2D eigenvalue weighted by atomic mass is 10.3. The van der Waals surface area contributed by atoms with Crippen LogP contribution in [-0.4, -0.2) is 33.0 Å². The third-order valence-electron chi connectivity index (χ3n) is 3.53. The van der Waals surface area contributed by atoms with E-state index >= 15 is 0 Å². The van der Waals surface area contributed by atoms with E-state index in [4.69, 9.17) is 5.14 Å². The Morgan fingerprint density at radius 3 is 2.38 bits per heavy atom. The van der Waals surface area contributed by atoms with Gasteiger partial charge in [0.15, 0.2) is 0 Å². The smallest absolute Gasteiger partial charge is 0.238 e. The average Bonchev–Trinajstić information content (AvgIpc) is 3.10. The van der Waals surface area contributed by atoms with Gasteiger partial charge in [0.05, 0.1) is 16.3 Å². The second-order valence-corrected chi connectivity index (χ2v) is 7.06. The highest BCUT2D eigenvalue weighted by molar-refractivity contribution is 7.89. The Balaban J connectivity index is 1.85. The van der Waals surface area contributed by atoms with Crippen LogP contribution in [-0.2, 0) is 23.0 Å². The molecule has 0 bridgehead atoms. The number of sulfonamides is 1. The van der Waals surface area contributed by atoms with Gasteiger partial charge in [-0.15, -0.1) is 0 Å². The number of aryl methyl sites for hydroxylation is 4. The normalized spacial score (nSPS) is 11.8. The molecular formula is C15H18N6O2S. The predicted octanol–water partition coefficient (Wildman–Crippen LogP) is 0.971. The monoisotopic (exact) mass is 346 g/mol. The summed E-state index contributed by atoms with van der Waals surface area (Å²) in [4.78, 5) is 4.51. The Morgan fingerprint density at radius 1 is 1.08 bits per heavy atom. The molecule has 3 rings (SSSR count). The first-order valence-corrected chi connectivity index (χ1v) is 8.93. The number of nitrogens with zero attached hydrogens (tertiary/aromatic N) is 5. The van der Waals surface area contributed by atoms with Gasteiger partial charge in [-0.25, -0.2) is 23.2 Å². The Morgan fingerprint density at radius 2 is 1.79 bits per heavy atom. The molecule has 0 aliphatic rings. The zero-order valence-corrected chi connectivity index (χ0v) is 14.2. The molecule has 0 aliphatic heterocycles. The molecular weight excluding hydrogens is 328 g/mol. The largest absolute Gasteiger partial charge is 0.272 e. The van der Waals surface area contributed by atoms with Gasteiger partial charge in [-0.3, -0.25) is 4.68 Å². The van der Waals surface area contributed by atoms with Crippen LogP contribution in [0.15, 0.2) is 41.4 Å². The van der Waals surface area contributed by atoms with Crippen LogP contribution in [0.1, 0.15) is 17.3 Å². The molecule has 0 aliphatic carbocycles. The van der Waals surface area contributed by atoms with Crippen LogP contribution in [0.25, 0.3) is 5.69 Å². The van der Waals surface area contributed by atoms with E-state index in [1.807, 2.05) is 30.8 Å². The highest BCUT2D eigenvalue weighted by Crippen LogP contribution is 2.14. The van der Waals surface area contributed by atoms with Crippen molar-refractivity contribution in [3.8, 4) is 5.69 Å². The first-order chi connectivity index (χ1) is 11.3. The van der Waals surface area contributed by atoms with E-state index in [-0.39, 0.29) is 4.90 Å². The summed E-state index contributed by atoms with van der Waals surface area (Å²) in [5.74, 6) is 1.43. The summed E-state index contributed by atoms with van der Waals surface area (Å²) in [6.07, 6.45) is 2.57. The minimum absolute atomic E-state index is 0.0663. The van der Waals surface area contributed by atoms with Crippen LogP contribution in [0.4, 0.5) is 0 Å². The molecule has 0 unspecified atom stereocenters. The zero-order valence-electron chi connectivity index (χ0n) is 13.4. The van der Waals surface area contributed by atoms with Crippen molar-refractivity contribution in [2.24, 2.45) is 5.14 Å². The molecule has 0 fully saturated rings. The number of rotatable bonds is 5. The minimum Gasteiger partial charge on any atom is -0.272 e. The summed E-state index contributed by atoms with van der Waals surface area (Å²) < 4.78 is 26.3. The lowest BCUT2D eigenvalue weighted by molar-refractivity contribution is 0.587. The fraction of sp³-hybridized carbons (Fsp3) is 0.267. The molecule has 126 valence electrons. The summed E-state index contributed by atoms with van der Waals surface area (Å²) in [6.45, 7) is 4.44. The van der Waals surface area contributed by atoms with Crippen molar-refractivity contribution in [2.75, 3.05) is 0 Å². The minimum atomic E-state index is -3.71. The van der Waals surface area contributed by atoms with Gasteiger partial charge in [0, 0.05) is 19.2 Å². The summed E-state index contributed by atoms with van der Waals surface area (Å²) >= 11 is 0. The van der Waals surface area contributed by atoms with E-state index in [0.29, 0.717) is 18.8 Å². The van der Waals surface area contributed by atoms with Gasteiger partial charge in [-0.1, -0.05) is 0 Å². The third-order valence-corrected chi connectivity index (χ3v) is 4.46. The van der Waals surface area contributed by atoms with Crippen LogP contribution in [0.2, 0.25) is 0 Å². The van der Waals surface area contributed by atoms with Crippen LogP contribution in [0.5, 0.6) is 0 Å². The number of nitrogens with two attached hydrogens (primary N) is 1. The Bertz CT molecular complexity index is 956. The number of benzene rings is 1. The van der Waals surface area contributed by atoms with E-state index < -0.39 is 10.0 Å². The summed E-state index contributed by atoms with van der Waals surface area (Å²) in [5, 5.41) is 13.9. The van der Waals surface area contributed by atoms with Gasteiger partial charge >= 0.3 is 0 Å². The van der Waals surface area contributed by atoms with Gasteiger partial charge in [-0.2, -0.15) is 10.2 Å². The maximum Gasteiger partial charge on any atom is 0.238 e. The molecule has 0 atom stereocenters. The highest BCUT2D eigenvalue weighted by atomic mass is 32.2. The van der Waals surface area contributed by atoms with Crippen molar-refractivity contribution in [2.45, 2.75) is 31.7 Å². The van der Waals surface area contributed by atoms with Crippen LogP contribution in [0.3, 0.4) is 0 Å². The highest BCUT2D eigenvalue weighted by Gasteiger charge is 2.12. The van der Waals surface area contributed by atoms with E-state index in [1.165, 1.54) is 12.1 Å². The molecule has 2 N–H and O–H groups in total. The first-order valence-electron chi connectivity index (χ1n) is 7.39. The standard InChI is InChI=1S/C15H18N6O2S/c1-11-7-9-20(18-11)10-8-15-17-12(2)19-21(15)13-3-5-14(6-4-13)24(16,22)23/h3-7,9H,8,10H2,1-2H3,(H2,16,22,23). The predicted molar refractivity (Wildman–Crippen MR) is 88.1 cm³/mol. The Labute approximate surface area is 140 Å². The molecule has 0 saturated heterocycles. The van der Waals surface area contributed by atoms with E-state index in [9.17, 15) is 8.42 Å². The van der Waals surface area contributed by atoms with Crippen molar-refractivity contribution in [1.82, 2.24) is 24.5 Å². The lowest BCUT2D eigenvalue weighted by Gasteiger charge is -2.07. The first kappa shape index (κ1) is 16.3. The fourth-order valence-electron chi connectivity index (χ4n) is 2.41. The summed E-state index contributed by atoms with van der Waals surface area (Å²) in [5.41, 5.74) is 1.70. The Hall–Kier alpha value is -2.52. The lowest BCUT2D eigenvalue weighted by Crippen LogP contribution is -2.12. The van der Waals surface area contributed by atoms with Crippen molar-refractivity contribution in [1.29, 1.82) is 0 Å². The van der Waals surface area contributed by atoms with Crippen molar-refractivity contribution in [3.05, 3.63) is 53.9 Å². The van der Waals surface area contributed by atoms with Gasteiger partial charge < -0.3 is 0 Å². The number of hydrogen-bond acceptors (Lipinski definition) is 5. The quantitative estimate of drug-likeness (QED) is 0.740. The zero-order chi connectivity index (χ0) is 17.3. The van der Waals surface area contributed by atoms with Crippen LogP contribution >= 0.6 is 0 Å². The SMILES string of the molecule is Cc1ccn(CCc2nc(C)nn2-c2ccc(S(N)(=O)=O)cc2)n1. The molecule has 9 heteroatoms. The van der Waals surface area contributed by atoms with Crippen molar-refractivity contribution >= 4 is 10.0 Å². The van der Waals surface area contributed by atoms with E-state index in [2.05, 4.69) is 15.2 Å². The summed E-state index contributed by atoms with van der Waals surface area (Å²) in [6, 6.07) is 8.19. The molecule has 0 saturated carbocycles. The molecule has 2 aromatic heterocycles. The molecule has 24 heavy (non-hydrogen) atoms. The van der Waals surface area contributed by atoms with Crippen LogP contribution in [0, 0.1) is 13.8 Å². The second-order valence-electron chi connectivity index (χ2n) is 5.50. The number of hydrogen-bond donors (Lipinski definition) is 1. The molecule has 0 radical (unpaired) electrons. The molecule has 1 aromatic carbocycles. The van der Waals surface area contributed by atoms with E-state index in [0.717, 1.165) is 17.2 Å². The van der Waals surface area contributed by atoms with Crippen molar-refractivity contribution in [3.63, 3.8) is 0 Å². The van der Waals surface area contributed by atoms with Gasteiger partial charge in [0.1, 0.15) is 11.6 Å². The van der Waals surface area contributed by atoms with Gasteiger partial charge in [0.2, 0.25) is 10.0 Å². The third kappa shape index (κ3) is 3.52. The Kier molecular flexibility index (Phi) is 4.20. The van der Waals surface area contributed by atoms with Crippen LogP contribution < -0.4 is 5.14 Å². The molecule has 0 amide bonds. The maximum absolute atomic E-state index is 11.3. The molecule has 2 heterocycles. The molecule has 3 aromatic rings. The average molecular weight is 346 g/mol. The molecule has 8 nitrogen and oxygen atoms in total. The summed E-state index contributed by atoms with van der Waals surface area (Å²) in [7, 11) is -3.71. The topological polar surface area (TPSA) is 109 Å². The number of primary sulfonamides is 1. The van der Waals surface area contributed by atoms with E-state index in [1.54, 1.807) is 16.8 Å². The fourth-order valence-corrected chi connectivity index (χ4v) is 2.92.